The van der Waals surface area contributed by atoms with Crippen molar-refractivity contribution < 1.29 is 28.2 Å². The van der Waals surface area contributed by atoms with Crippen molar-refractivity contribution in [2.24, 2.45) is 5.73 Å². The first kappa shape index (κ1) is 19.7. The van der Waals surface area contributed by atoms with Crippen LogP contribution >= 0.6 is 0 Å². The van der Waals surface area contributed by atoms with Crippen LogP contribution in [0.5, 0.6) is 11.6 Å². The Labute approximate surface area is 172 Å². The second-order valence-corrected chi connectivity index (χ2v) is 7.04. The van der Waals surface area contributed by atoms with Crippen molar-refractivity contribution in [1.82, 2.24) is 10.3 Å². The van der Waals surface area contributed by atoms with Crippen LogP contribution in [-0.2, 0) is 16.1 Å². The van der Waals surface area contributed by atoms with E-state index in [0.717, 1.165) is 5.56 Å². The Hall–Kier alpha value is -3.59. The highest BCUT2D eigenvalue weighted by Gasteiger charge is 2.46. The number of primary amides is 1. The summed E-state index contributed by atoms with van der Waals surface area (Å²) < 4.78 is 21.9. The number of hydrogen-bond donors (Lipinski definition) is 2. The molecule has 0 atom stereocenters. The van der Waals surface area contributed by atoms with Gasteiger partial charge in [0.05, 0.1) is 31.5 Å². The smallest absolute Gasteiger partial charge is 0.256 e. The third kappa shape index (κ3) is 3.43. The first-order valence-corrected chi connectivity index (χ1v) is 9.27. The fourth-order valence-corrected chi connectivity index (χ4v) is 3.31. The molecule has 3 heterocycles. The van der Waals surface area contributed by atoms with Crippen molar-refractivity contribution in [3.8, 4) is 11.6 Å². The molecule has 0 bridgehead atoms. The van der Waals surface area contributed by atoms with E-state index in [0.29, 0.717) is 33.9 Å². The van der Waals surface area contributed by atoms with Gasteiger partial charge in [0.1, 0.15) is 23.7 Å². The summed E-state index contributed by atoms with van der Waals surface area (Å²) in [6, 6.07) is 8.85. The second-order valence-electron chi connectivity index (χ2n) is 7.04. The summed E-state index contributed by atoms with van der Waals surface area (Å²) in [5.74, 6) is 0.354. The monoisotopic (exact) mass is 411 g/mol. The SMILES string of the molecule is COc1ncccc1COc1ccc2oc(C)c(C(=O)NC3(C(N)=O)COC3)c2c1. The summed E-state index contributed by atoms with van der Waals surface area (Å²) in [6.07, 6.45) is 1.64. The standard InChI is InChI=1S/C21H21N3O6/c1-12-17(18(25)24-21(20(22)26)10-28-11-21)15-8-14(5-6-16(15)30-12)29-9-13-4-3-7-23-19(13)27-2/h3-8H,9-11H2,1-2H3,(H2,22,26)(H,24,25). The molecule has 1 saturated heterocycles. The maximum absolute atomic E-state index is 12.9. The summed E-state index contributed by atoms with van der Waals surface area (Å²) in [5, 5.41) is 3.26. The number of benzene rings is 1. The quantitative estimate of drug-likeness (QED) is 0.606. The number of rotatable bonds is 7. The summed E-state index contributed by atoms with van der Waals surface area (Å²) in [5.41, 5.74) is 5.88. The minimum Gasteiger partial charge on any atom is -0.489 e. The Morgan fingerprint density at radius 3 is 2.77 bits per heavy atom. The van der Waals surface area contributed by atoms with Crippen LogP contribution in [0.15, 0.2) is 40.9 Å². The van der Waals surface area contributed by atoms with Crippen LogP contribution in [0.2, 0.25) is 0 Å². The van der Waals surface area contributed by atoms with E-state index in [1.807, 2.05) is 6.07 Å². The van der Waals surface area contributed by atoms with Gasteiger partial charge in [-0.2, -0.15) is 0 Å². The number of carbonyl (C=O) groups is 2. The Balaban J connectivity index is 1.59. The minimum absolute atomic E-state index is 0.0458. The number of ether oxygens (including phenoxy) is 3. The minimum atomic E-state index is -1.20. The van der Waals surface area contributed by atoms with Crippen LogP contribution in [0.4, 0.5) is 0 Å². The summed E-state index contributed by atoms with van der Waals surface area (Å²) >= 11 is 0. The van der Waals surface area contributed by atoms with Crippen molar-refractivity contribution in [3.05, 3.63) is 53.4 Å². The van der Waals surface area contributed by atoms with E-state index in [2.05, 4.69) is 10.3 Å². The van der Waals surface area contributed by atoms with Gasteiger partial charge in [-0.15, -0.1) is 0 Å². The molecule has 1 aliphatic rings. The number of fused-ring (bicyclic) bond motifs is 1. The third-order valence-corrected chi connectivity index (χ3v) is 5.02. The van der Waals surface area contributed by atoms with E-state index in [1.54, 1.807) is 44.5 Å². The number of aromatic nitrogens is 1. The van der Waals surface area contributed by atoms with Gasteiger partial charge in [0.25, 0.3) is 5.91 Å². The van der Waals surface area contributed by atoms with Gasteiger partial charge in [0.2, 0.25) is 11.8 Å². The molecule has 0 spiro atoms. The number of pyridine rings is 1. The molecule has 0 saturated carbocycles. The van der Waals surface area contributed by atoms with Crippen molar-refractivity contribution >= 4 is 22.8 Å². The fraction of sp³-hybridized carbons (Fsp3) is 0.286. The highest BCUT2D eigenvalue weighted by atomic mass is 16.5. The fourth-order valence-electron chi connectivity index (χ4n) is 3.31. The van der Waals surface area contributed by atoms with E-state index < -0.39 is 17.4 Å². The predicted molar refractivity (Wildman–Crippen MR) is 106 cm³/mol. The first-order chi connectivity index (χ1) is 14.4. The molecule has 156 valence electrons. The molecule has 4 rings (SSSR count). The number of amides is 2. The van der Waals surface area contributed by atoms with Gasteiger partial charge in [0.15, 0.2) is 5.54 Å². The second kappa shape index (κ2) is 7.68. The van der Waals surface area contributed by atoms with E-state index >= 15 is 0 Å². The van der Waals surface area contributed by atoms with Crippen LogP contribution < -0.4 is 20.5 Å². The van der Waals surface area contributed by atoms with Gasteiger partial charge in [-0.05, 0) is 37.3 Å². The summed E-state index contributed by atoms with van der Waals surface area (Å²) in [4.78, 5) is 28.8. The van der Waals surface area contributed by atoms with E-state index in [1.165, 1.54) is 0 Å². The van der Waals surface area contributed by atoms with Crippen LogP contribution in [-0.4, -0.2) is 42.7 Å². The predicted octanol–water partition coefficient (Wildman–Crippen LogP) is 1.71. The number of hydrogen-bond acceptors (Lipinski definition) is 7. The first-order valence-electron chi connectivity index (χ1n) is 9.27. The van der Waals surface area contributed by atoms with Crippen molar-refractivity contribution in [2.75, 3.05) is 20.3 Å². The molecule has 2 aromatic heterocycles. The van der Waals surface area contributed by atoms with Gasteiger partial charge < -0.3 is 29.7 Å². The topological polar surface area (TPSA) is 126 Å². The number of nitrogens with two attached hydrogens (primary N) is 1. The maximum atomic E-state index is 12.9. The Bertz CT molecular complexity index is 1120. The number of furan rings is 1. The average molecular weight is 411 g/mol. The molecule has 2 amide bonds. The van der Waals surface area contributed by atoms with Crippen molar-refractivity contribution in [1.29, 1.82) is 0 Å². The number of methoxy groups -OCH3 is 1. The van der Waals surface area contributed by atoms with E-state index in [4.69, 9.17) is 24.4 Å². The molecule has 9 nitrogen and oxygen atoms in total. The highest BCUT2D eigenvalue weighted by molar-refractivity contribution is 6.09. The van der Waals surface area contributed by atoms with Crippen LogP contribution in [0.25, 0.3) is 11.0 Å². The van der Waals surface area contributed by atoms with Crippen molar-refractivity contribution in [2.45, 2.75) is 19.1 Å². The van der Waals surface area contributed by atoms with Crippen molar-refractivity contribution in [3.63, 3.8) is 0 Å². The van der Waals surface area contributed by atoms with Crippen LogP contribution in [0, 0.1) is 6.92 Å². The molecule has 30 heavy (non-hydrogen) atoms. The van der Waals surface area contributed by atoms with E-state index in [9.17, 15) is 9.59 Å². The normalized spacial score (nSPS) is 14.7. The van der Waals surface area contributed by atoms with Gasteiger partial charge in [0, 0.05) is 11.6 Å². The molecule has 0 unspecified atom stereocenters. The number of aryl methyl sites for hydroxylation is 1. The zero-order valence-corrected chi connectivity index (χ0v) is 16.6. The molecule has 0 aliphatic carbocycles. The van der Waals surface area contributed by atoms with E-state index in [-0.39, 0.29) is 19.8 Å². The lowest BCUT2D eigenvalue weighted by Gasteiger charge is -2.38. The Kier molecular flexibility index (Phi) is 5.04. The largest absolute Gasteiger partial charge is 0.489 e. The Morgan fingerprint density at radius 2 is 2.10 bits per heavy atom. The maximum Gasteiger partial charge on any atom is 0.256 e. The molecule has 3 N–H and O–H groups in total. The zero-order valence-electron chi connectivity index (χ0n) is 16.6. The molecule has 3 aromatic rings. The molecule has 0 radical (unpaired) electrons. The lowest BCUT2D eigenvalue weighted by molar-refractivity contribution is -0.143. The summed E-state index contributed by atoms with van der Waals surface area (Å²) in [6.45, 7) is 2.02. The highest BCUT2D eigenvalue weighted by Crippen LogP contribution is 2.30. The Morgan fingerprint density at radius 1 is 1.30 bits per heavy atom. The molecule has 1 fully saturated rings. The van der Waals surface area contributed by atoms with Crippen LogP contribution in [0.1, 0.15) is 21.7 Å². The number of carbonyl (C=O) groups excluding carboxylic acids is 2. The lowest BCUT2D eigenvalue weighted by Crippen LogP contribution is -2.69. The molecule has 9 heteroatoms. The molecule has 1 aromatic carbocycles. The number of nitrogens with zero attached hydrogens (tertiary/aromatic N) is 1. The van der Waals surface area contributed by atoms with Gasteiger partial charge >= 0.3 is 0 Å². The van der Waals surface area contributed by atoms with Gasteiger partial charge in [-0.1, -0.05) is 0 Å². The lowest BCUT2D eigenvalue weighted by atomic mass is 9.95. The summed E-state index contributed by atoms with van der Waals surface area (Å²) in [7, 11) is 1.54. The van der Waals surface area contributed by atoms with Crippen LogP contribution in [0.3, 0.4) is 0 Å². The zero-order chi connectivity index (χ0) is 21.3. The molecular weight excluding hydrogens is 390 g/mol. The van der Waals surface area contributed by atoms with Gasteiger partial charge in [-0.3, -0.25) is 9.59 Å². The molecular formula is C21H21N3O6. The van der Waals surface area contributed by atoms with Gasteiger partial charge in [-0.25, -0.2) is 4.98 Å². The number of nitrogens with one attached hydrogen (secondary N) is 1. The average Bonchev–Trinajstić information content (AvgIpc) is 3.04. The third-order valence-electron chi connectivity index (χ3n) is 5.02. The molecule has 1 aliphatic heterocycles.